The SMILES string of the molecule is CCC(O)Cc1cn(CCc2c(C)[nH]c3cc(Cl)cc(Cl)c23)nn1. The Balaban J connectivity index is 1.78. The number of fused-ring (bicyclic) bond motifs is 1. The van der Waals surface area contributed by atoms with Crippen LogP contribution in [0.5, 0.6) is 0 Å². The summed E-state index contributed by atoms with van der Waals surface area (Å²) in [6.45, 7) is 4.68. The molecule has 7 heteroatoms. The molecule has 0 amide bonds. The average molecular weight is 367 g/mol. The van der Waals surface area contributed by atoms with E-state index < -0.39 is 0 Å². The number of H-pyrrole nitrogens is 1. The standard InChI is InChI=1S/C17H20Cl2N4O/c1-3-13(24)8-12-9-23(22-21-12)5-4-14-10(2)20-16-7-11(18)6-15(19)17(14)16/h6-7,9,13,20,24H,3-5,8H2,1-2H3. The predicted molar refractivity (Wildman–Crippen MR) is 96.8 cm³/mol. The van der Waals surface area contributed by atoms with Crippen molar-refractivity contribution in [1.29, 1.82) is 0 Å². The highest BCUT2D eigenvalue weighted by Gasteiger charge is 2.13. The Hall–Kier alpha value is -1.56. The topological polar surface area (TPSA) is 66.7 Å². The molecule has 0 saturated carbocycles. The van der Waals surface area contributed by atoms with Crippen LogP contribution in [-0.2, 0) is 19.4 Å². The Morgan fingerprint density at radius 1 is 1.33 bits per heavy atom. The minimum atomic E-state index is -0.366. The number of halogens is 2. The lowest BCUT2D eigenvalue weighted by atomic mass is 10.1. The molecule has 0 spiro atoms. The number of hydrogen-bond acceptors (Lipinski definition) is 3. The van der Waals surface area contributed by atoms with Crippen LogP contribution in [0.1, 0.15) is 30.3 Å². The number of aryl methyl sites for hydroxylation is 3. The Bertz CT molecular complexity index is 856. The van der Waals surface area contributed by atoms with Crippen LogP contribution in [0.3, 0.4) is 0 Å². The van der Waals surface area contributed by atoms with Gasteiger partial charge in [0.2, 0.25) is 0 Å². The number of nitrogens with one attached hydrogen (secondary N) is 1. The number of aromatic nitrogens is 4. The van der Waals surface area contributed by atoms with Crippen molar-refractivity contribution in [3.8, 4) is 0 Å². The van der Waals surface area contributed by atoms with Crippen LogP contribution in [0.4, 0.5) is 0 Å². The van der Waals surface area contributed by atoms with Gasteiger partial charge in [-0.2, -0.15) is 0 Å². The number of aliphatic hydroxyl groups excluding tert-OH is 1. The van der Waals surface area contributed by atoms with E-state index >= 15 is 0 Å². The Labute approximate surface area is 150 Å². The molecule has 1 unspecified atom stereocenters. The molecule has 24 heavy (non-hydrogen) atoms. The van der Waals surface area contributed by atoms with Gasteiger partial charge in [0, 0.05) is 40.8 Å². The zero-order valence-corrected chi connectivity index (χ0v) is 15.2. The Morgan fingerprint density at radius 3 is 2.88 bits per heavy atom. The molecule has 0 radical (unpaired) electrons. The van der Waals surface area contributed by atoms with Crippen molar-refractivity contribution < 1.29 is 5.11 Å². The highest BCUT2D eigenvalue weighted by atomic mass is 35.5. The third kappa shape index (κ3) is 3.58. The summed E-state index contributed by atoms with van der Waals surface area (Å²) in [5.74, 6) is 0. The first-order chi connectivity index (χ1) is 11.5. The molecule has 0 bridgehead atoms. The second kappa shape index (κ2) is 7.13. The van der Waals surface area contributed by atoms with E-state index in [1.165, 1.54) is 0 Å². The van der Waals surface area contributed by atoms with Crippen molar-refractivity contribution >= 4 is 34.1 Å². The molecule has 5 nitrogen and oxygen atoms in total. The zero-order chi connectivity index (χ0) is 17.3. The summed E-state index contributed by atoms with van der Waals surface area (Å²) in [6.07, 6.45) is 3.55. The summed E-state index contributed by atoms with van der Waals surface area (Å²) in [5.41, 5.74) is 4.00. The third-order valence-electron chi connectivity index (χ3n) is 4.22. The van der Waals surface area contributed by atoms with E-state index in [2.05, 4.69) is 15.3 Å². The van der Waals surface area contributed by atoms with Crippen molar-refractivity contribution in [3.05, 3.63) is 45.3 Å². The molecule has 0 fully saturated rings. The highest BCUT2D eigenvalue weighted by Crippen LogP contribution is 2.32. The number of benzene rings is 1. The maximum absolute atomic E-state index is 9.70. The number of hydrogen-bond donors (Lipinski definition) is 2. The van der Waals surface area contributed by atoms with E-state index in [1.54, 1.807) is 10.7 Å². The zero-order valence-electron chi connectivity index (χ0n) is 13.7. The van der Waals surface area contributed by atoms with Gasteiger partial charge in [0.15, 0.2) is 0 Å². The lowest BCUT2D eigenvalue weighted by Crippen LogP contribution is -2.08. The maximum Gasteiger partial charge on any atom is 0.0852 e. The van der Waals surface area contributed by atoms with Gasteiger partial charge in [0.25, 0.3) is 0 Å². The van der Waals surface area contributed by atoms with Crippen LogP contribution in [0, 0.1) is 6.92 Å². The first-order valence-electron chi connectivity index (χ1n) is 8.01. The van der Waals surface area contributed by atoms with Crippen LogP contribution in [0.2, 0.25) is 10.0 Å². The molecule has 1 aromatic carbocycles. The van der Waals surface area contributed by atoms with E-state index in [9.17, 15) is 5.11 Å². The van der Waals surface area contributed by atoms with Gasteiger partial charge in [0.05, 0.1) is 16.8 Å². The Kier molecular flexibility index (Phi) is 5.13. The predicted octanol–water partition coefficient (Wildman–Crippen LogP) is 3.93. The first kappa shape index (κ1) is 17.3. The molecular formula is C17H20Cl2N4O. The van der Waals surface area contributed by atoms with Crippen LogP contribution < -0.4 is 0 Å². The molecule has 0 aliphatic heterocycles. The lowest BCUT2D eigenvalue weighted by Gasteiger charge is -2.04. The van der Waals surface area contributed by atoms with Crippen LogP contribution in [0.15, 0.2) is 18.3 Å². The number of rotatable bonds is 6. The molecule has 0 aliphatic carbocycles. The van der Waals surface area contributed by atoms with Crippen LogP contribution in [0.25, 0.3) is 10.9 Å². The van der Waals surface area contributed by atoms with Gasteiger partial charge in [0.1, 0.15) is 0 Å². The Morgan fingerprint density at radius 2 is 2.12 bits per heavy atom. The minimum absolute atomic E-state index is 0.366. The van der Waals surface area contributed by atoms with Gasteiger partial charge >= 0.3 is 0 Å². The van der Waals surface area contributed by atoms with Gasteiger partial charge in [-0.05, 0) is 37.5 Å². The van der Waals surface area contributed by atoms with Gasteiger partial charge < -0.3 is 10.1 Å². The van der Waals surface area contributed by atoms with Crippen molar-refractivity contribution in [1.82, 2.24) is 20.0 Å². The van der Waals surface area contributed by atoms with Crippen LogP contribution >= 0.6 is 23.2 Å². The fraction of sp³-hybridized carbons (Fsp3) is 0.412. The molecule has 1 atom stereocenters. The molecule has 3 aromatic rings. The first-order valence-corrected chi connectivity index (χ1v) is 8.76. The molecule has 3 rings (SSSR count). The van der Waals surface area contributed by atoms with Gasteiger partial charge in [-0.1, -0.05) is 35.3 Å². The second-order valence-electron chi connectivity index (χ2n) is 6.03. The summed E-state index contributed by atoms with van der Waals surface area (Å²) in [4.78, 5) is 3.34. The lowest BCUT2D eigenvalue weighted by molar-refractivity contribution is 0.169. The molecule has 2 heterocycles. The molecule has 2 N–H and O–H groups in total. The number of nitrogens with zero attached hydrogens (tertiary/aromatic N) is 3. The summed E-state index contributed by atoms with van der Waals surface area (Å²) in [7, 11) is 0. The van der Waals surface area contributed by atoms with Crippen molar-refractivity contribution in [3.63, 3.8) is 0 Å². The largest absolute Gasteiger partial charge is 0.393 e. The van der Waals surface area contributed by atoms with Gasteiger partial charge in [-0.15, -0.1) is 5.10 Å². The molecule has 128 valence electrons. The molecule has 2 aromatic heterocycles. The fourth-order valence-electron chi connectivity index (χ4n) is 2.91. The fourth-order valence-corrected chi connectivity index (χ4v) is 3.52. The van der Waals surface area contributed by atoms with E-state index in [-0.39, 0.29) is 6.10 Å². The normalized spacial score (nSPS) is 12.9. The van der Waals surface area contributed by atoms with Gasteiger partial charge in [-0.3, -0.25) is 4.68 Å². The van der Waals surface area contributed by atoms with Crippen LogP contribution in [-0.4, -0.2) is 31.2 Å². The monoisotopic (exact) mass is 366 g/mol. The van der Waals surface area contributed by atoms with E-state index in [0.29, 0.717) is 29.4 Å². The van der Waals surface area contributed by atoms with E-state index in [0.717, 1.165) is 34.3 Å². The third-order valence-corrected chi connectivity index (χ3v) is 4.74. The smallest absolute Gasteiger partial charge is 0.0852 e. The average Bonchev–Trinajstić information content (AvgIpc) is 3.08. The minimum Gasteiger partial charge on any atom is -0.393 e. The van der Waals surface area contributed by atoms with E-state index in [1.807, 2.05) is 26.1 Å². The van der Waals surface area contributed by atoms with Crippen molar-refractivity contribution in [2.24, 2.45) is 0 Å². The highest BCUT2D eigenvalue weighted by molar-refractivity contribution is 6.38. The summed E-state index contributed by atoms with van der Waals surface area (Å²) >= 11 is 12.4. The van der Waals surface area contributed by atoms with Crippen molar-refractivity contribution in [2.45, 2.75) is 45.8 Å². The van der Waals surface area contributed by atoms with E-state index in [4.69, 9.17) is 23.2 Å². The summed E-state index contributed by atoms with van der Waals surface area (Å²) in [6, 6.07) is 3.65. The van der Waals surface area contributed by atoms with Crippen molar-refractivity contribution in [2.75, 3.05) is 0 Å². The molecule has 0 aliphatic rings. The molecule has 0 saturated heterocycles. The summed E-state index contributed by atoms with van der Waals surface area (Å²) < 4.78 is 1.81. The summed E-state index contributed by atoms with van der Waals surface area (Å²) in [5, 5.41) is 20.3. The number of aliphatic hydroxyl groups is 1. The second-order valence-corrected chi connectivity index (χ2v) is 6.87. The molecular weight excluding hydrogens is 347 g/mol. The quantitative estimate of drug-likeness (QED) is 0.694. The number of aromatic amines is 1. The van der Waals surface area contributed by atoms with Gasteiger partial charge in [-0.25, -0.2) is 0 Å². The maximum atomic E-state index is 9.70.